The van der Waals surface area contributed by atoms with Crippen molar-refractivity contribution in [3.05, 3.63) is 28.4 Å². The first kappa shape index (κ1) is 17.2. The van der Waals surface area contributed by atoms with Crippen LogP contribution in [0.3, 0.4) is 0 Å². The van der Waals surface area contributed by atoms with Gasteiger partial charge in [-0.05, 0) is 0 Å². The average molecular weight is 359 g/mol. The molecule has 1 heterocycles. The molecule has 24 heavy (non-hydrogen) atoms. The smallest absolute Gasteiger partial charge is 0.421 e. The zero-order chi connectivity index (χ0) is 18.1. The van der Waals surface area contributed by atoms with Gasteiger partial charge in [-0.25, -0.2) is 0 Å². The molecule has 0 saturated carbocycles. The zero-order valence-electron chi connectivity index (χ0n) is 11.2. The second-order valence-electron chi connectivity index (χ2n) is 4.23. The van der Waals surface area contributed by atoms with E-state index in [1.165, 1.54) is 18.2 Å². The van der Waals surface area contributed by atoms with Crippen molar-refractivity contribution in [3.63, 3.8) is 0 Å². The van der Waals surface area contributed by atoms with Crippen molar-refractivity contribution in [2.75, 3.05) is 5.32 Å². The van der Waals surface area contributed by atoms with Gasteiger partial charge in [0.25, 0.3) is 0 Å². The van der Waals surface area contributed by atoms with Gasteiger partial charge >= 0.3 is 12.2 Å². The van der Waals surface area contributed by atoms with Crippen LogP contribution < -0.4 is 14.8 Å². The van der Waals surface area contributed by atoms with E-state index in [0.717, 1.165) is 12.1 Å². The van der Waals surface area contributed by atoms with Gasteiger partial charge in [0.2, 0.25) is 0 Å². The van der Waals surface area contributed by atoms with Gasteiger partial charge in [0.15, 0.2) is 17.1 Å². The summed E-state index contributed by atoms with van der Waals surface area (Å²) in [5.74, 6) is -1.52. The summed E-state index contributed by atoms with van der Waals surface area (Å²) in [6, 6.07) is 5.93. The highest BCUT2D eigenvalue weighted by Crippen LogP contribution is 2.49. The fraction of sp³-hybridized carbons (Fsp3) is 0.154. The summed E-state index contributed by atoms with van der Waals surface area (Å²) in [6.07, 6.45) is -9.83. The Bertz CT molecular complexity index is 848. The molecule has 1 aliphatic rings. The van der Waals surface area contributed by atoms with Crippen LogP contribution in [0.2, 0.25) is 5.02 Å². The van der Waals surface area contributed by atoms with Crippen molar-refractivity contribution in [3.8, 4) is 29.7 Å². The molecule has 0 bridgehead atoms. The lowest BCUT2D eigenvalue weighted by molar-refractivity contribution is -0.391. The SMILES string of the molecule is N#CC(C#N)=C(C#N)Nc1cc2c(cc1Cl)OC(F)(F)C(F)(F)O2. The van der Waals surface area contributed by atoms with Crippen molar-refractivity contribution >= 4 is 17.3 Å². The molecule has 1 aromatic carbocycles. The molecule has 0 spiro atoms. The summed E-state index contributed by atoms with van der Waals surface area (Å²) in [4.78, 5) is 0. The Kier molecular flexibility index (Phi) is 4.16. The van der Waals surface area contributed by atoms with Crippen LogP contribution in [0, 0.1) is 34.0 Å². The highest BCUT2D eigenvalue weighted by Gasteiger charge is 2.66. The predicted molar refractivity (Wildman–Crippen MR) is 70.1 cm³/mol. The molecule has 2 rings (SSSR count). The second-order valence-corrected chi connectivity index (χ2v) is 4.63. The van der Waals surface area contributed by atoms with Crippen LogP contribution >= 0.6 is 11.6 Å². The van der Waals surface area contributed by atoms with Crippen LogP contribution in [0.5, 0.6) is 11.5 Å². The second kappa shape index (κ2) is 5.80. The first-order valence-corrected chi connectivity index (χ1v) is 6.21. The molecule has 0 fully saturated rings. The van der Waals surface area contributed by atoms with Crippen molar-refractivity contribution in [2.45, 2.75) is 12.2 Å². The summed E-state index contributed by atoms with van der Waals surface area (Å²) in [5.41, 5.74) is -1.35. The normalized spacial score (nSPS) is 16.1. The summed E-state index contributed by atoms with van der Waals surface area (Å²) in [6.45, 7) is 0. The van der Waals surface area contributed by atoms with Crippen LogP contribution in [0.25, 0.3) is 0 Å². The Balaban J connectivity index is 2.48. The molecule has 0 aliphatic carbocycles. The quantitative estimate of drug-likeness (QED) is 0.641. The molecular formula is C13H3ClF4N4O2. The fourth-order valence-corrected chi connectivity index (χ4v) is 1.80. The molecule has 1 aliphatic heterocycles. The number of nitriles is 3. The minimum atomic E-state index is -4.93. The molecule has 0 aromatic heterocycles. The minimum Gasteiger partial charge on any atom is -0.421 e. The predicted octanol–water partition coefficient (Wildman–Crippen LogP) is 3.53. The lowest BCUT2D eigenvalue weighted by Gasteiger charge is -2.32. The molecule has 122 valence electrons. The van der Waals surface area contributed by atoms with Crippen LogP contribution in [0.4, 0.5) is 23.2 Å². The molecule has 0 atom stereocenters. The molecule has 1 aromatic rings. The van der Waals surface area contributed by atoms with Crippen molar-refractivity contribution in [2.24, 2.45) is 0 Å². The number of fused-ring (bicyclic) bond motifs is 1. The third-order valence-electron chi connectivity index (χ3n) is 2.69. The maximum absolute atomic E-state index is 13.2. The third-order valence-corrected chi connectivity index (χ3v) is 3.01. The number of hydrogen-bond acceptors (Lipinski definition) is 6. The molecule has 0 amide bonds. The van der Waals surface area contributed by atoms with Gasteiger partial charge in [0.1, 0.15) is 23.9 Å². The van der Waals surface area contributed by atoms with Gasteiger partial charge in [0.05, 0.1) is 10.7 Å². The first-order chi connectivity index (χ1) is 11.1. The Morgan fingerprint density at radius 2 is 1.46 bits per heavy atom. The van der Waals surface area contributed by atoms with Gasteiger partial charge in [-0.15, -0.1) is 0 Å². The van der Waals surface area contributed by atoms with Crippen molar-refractivity contribution in [1.29, 1.82) is 15.8 Å². The molecular weight excluding hydrogens is 356 g/mol. The number of nitrogens with one attached hydrogen (secondary N) is 1. The highest BCUT2D eigenvalue weighted by atomic mass is 35.5. The molecule has 6 nitrogen and oxygen atoms in total. The number of anilines is 1. The Morgan fingerprint density at radius 1 is 0.958 bits per heavy atom. The van der Waals surface area contributed by atoms with Gasteiger partial charge in [-0.2, -0.15) is 33.3 Å². The number of allylic oxidation sites excluding steroid dienone is 2. The molecule has 0 unspecified atom stereocenters. The summed E-state index contributed by atoms with van der Waals surface area (Å²) in [7, 11) is 0. The third kappa shape index (κ3) is 2.85. The van der Waals surface area contributed by atoms with E-state index in [4.69, 9.17) is 27.4 Å². The first-order valence-electron chi connectivity index (χ1n) is 5.84. The number of ether oxygens (including phenoxy) is 2. The van der Waals surface area contributed by atoms with E-state index >= 15 is 0 Å². The van der Waals surface area contributed by atoms with Gasteiger partial charge in [-0.3, -0.25) is 0 Å². The number of benzene rings is 1. The maximum Gasteiger partial charge on any atom is 0.507 e. The summed E-state index contributed by atoms with van der Waals surface area (Å²) in [5, 5.41) is 28.3. The molecule has 1 N–H and O–H groups in total. The lowest BCUT2D eigenvalue weighted by atomic mass is 10.2. The van der Waals surface area contributed by atoms with E-state index in [2.05, 4.69) is 14.8 Å². The van der Waals surface area contributed by atoms with E-state index in [0.29, 0.717) is 0 Å². The van der Waals surface area contributed by atoms with Crippen LogP contribution in [0.15, 0.2) is 23.4 Å². The van der Waals surface area contributed by atoms with Gasteiger partial charge in [-0.1, -0.05) is 11.6 Å². The maximum atomic E-state index is 13.2. The van der Waals surface area contributed by atoms with E-state index in [9.17, 15) is 17.6 Å². The topological polar surface area (TPSA) is 102 Å². The van der Waals surface area contributed by atoms with E-state index in [-0.39, 0.29) is 10.7 Å². The summed E-state index contributed by atoms with van der Waals surface area (Å²) >= 11 is 5.79. The monoisotopic (exact) mass is 358 g/mol. The highest BCUT2D eigenvalue weighted by molar-refractivity contribution is 6.33. The zero-order valence-corrected chi connectivity index (χ0v) is 12.0. The summed E-state index contributed by atoms with van der Waals surface area (Å²) < 4.78 is 60.3. The van der Waals surface area contributed by atoms with Gasteiger partial charge < -0.3 is 14.8 Å². The van der Waals surface area contributed by atoms with Crippen molar-refractivity contribution < 1.29 is 27.0 Å². The number of nitrogens with zero attached hydrogens (tertiary/aromatic N) is 3. The van der Waals surface area contributed by atoms with E-state index in [1.54, 1.807) is 0 Å². The average Bonchev–Trinajstić information content (AvgIpc) is 2.49. The van der Waals surface area contributed by atoms with Crippen LogP contribution in [-0.2, 0) is 0 Å². The fourth-order valence-electron chi connectivity index (χ4n) is 1.60. The van der Waals surface area contributed by atoms with Crippen molar-refractivity contribution in [1.82, 2.24) is 0 Å². The van der Waals surface area contributed by atoms with E-state index in [1.807, 2.05) is 0 Å². The number of rotatable bonds is 2. The van der Waals surface area contributed by atoms with Crippen LogP contribution in [0.1, 0.15) is 0 Å². The largest absolute Gasteiger partial charge is 0.507 e. The molecule has 0 saturated heterocycles. The van der Waals surface area contributed by atoms with Gasteiger partial charge in [0, 0.05) is 12.1 Å². The standard InChI is InChI=1S/C13H3ClF4N4O2/c14-7-1-10-11(24-13(17,18)12(15,16)23-10)2-8(7)22-9(5-21)6(3-19)4-20/h1-2,22H. The molecule has 11 heteroatoms. The lowest BCUT2D eigenvalue weighted by Crippen LogP contribution is -2.52. The number of hydrogen-bond donors (Lipinski definition) is 1. The molecule has 0 radical (unpaired) electrons. The Morgan fingerprint density at radius 3 is 1.92 bits per heavy atom. The number of alkyl halides is 4. The minimum absolute atomic E-state index is 0.236. The Labute approximate surface area is 136 Å². The van der Waals surface area contributed by atoms with E-state index < -0.39 is 35.0 Å². The van der Waals surface area contributed by atoms with Crippen LogP contribution in [-0.4, -0.2) is 12.2 Å². The number of halogens is 5. The Hall–Kier alpha value is -3.16.